The molecule has 2 aliphatic rings. The number of likely N-dealkylation sites (N-methyl/N-ethyl adjacent to an activating group) is 1. The van der Waals surface area contributed by atoms with Gasteiger partial charge in [-0.1, -0.05) is 30.3 Å². The maximum Gasteiger partial charge on any atom is 0.259 e. The van der Waals surface area contributed by atoms with Gasteiger partial charge in [0.2, 0.25) is 0 Å². The van der Waals surface area contributed by atoms with Gasteiger partial charge in [0.15, 0.2) is 5.43 Å². The van der Waals surface area contributed by atoms with Crippen LogP contribution in [0.5, 0.6) is 0 Å². The Hall–Kier alpha value is -2.44. The standard InChI is InChI=1S/C25H33N3O3/c1-19-17-23(29)24(25(30)27-14-12-26(2)13-15-27)22(11-10-20-7-4-3-5-8-20)28(19)18-21-9-6-16-31-21/h3-5,7-8,17,21H,6,9-16,18H2,1-2H3/t21-/m1/s1. The number of aryl methyl sites for hydroxylation is 2. The molecule has 3 heterocycles. The van der Waals surface area contributed by atoms with Crippen molar-refractivity contribution < 1.29 is 9.53 Å². The van der Waals surface area contributed by atoms with Crippen LogP contribution in [0, 0.1) is 6.92 Å². The van der Waals surface area contributed by atoms with Crippen molar-refractivity contribution in [1.82, 2.24) is 14.4 Å². The van der Waals surface area contributed by atoms with Gasteiger partial charge in [-0.05, 0) is 45.2 Å². The average Bonchev–Trinajstić information content (AvgIpc) is 3.28. The molecule has 0 saturated carbocycles. The number of benzene rings is 1. The van der Waals surface area contributed by atoms with Crippen LogP contribution >= 0.6 is 0 Å². The number of piperazine rings is 1. The van der Waals surface area contributed by atoms with Crippen LogP contribution in [0.25, 0.3) is 0 Å². The van der Waals surface area contributed by atoms with E-state index in [9.17, 15) is 9.59 Å². The molecule has 31 heavy (non-hydrogen) atoms. The zero-order chi connectivity index (χ0) is 21.8. The van der Waals surface area contributed by atoms with Crippen molar-refractivity contribution in [3.8, 4) is 0 Å². The minimum Gasteiger partial charge on any atom is -0.376 e. The summed E-state index contributed by atoms with van der Waals surface area (Å²) in [6.45, 7) is 6.43. The van der Waals surface area contributed by atoms with Crippen LogP contribution in [0.1, 0.15) is 40.2 Å². The van der Waals surface area contributed by atoms with Crippen molar-refractivity contribution in [2.45, 2.75) is 45.3 Å². The van der Waals surface area contributed by atoms with E-state index in [1.165, 1.54) is 5.56 Å². The zero-order valence-electron chi connectivity index (χ0n) is 18.7. The third kappa shape index (κ3) is 5.08. The number of amides is 1. The van der Waals surface area contributed by atoms with Crippen molar-refractivity contribution in [2.75, 3.05) is 39.8 Å². The van der Waals surface area contributed by atoms with E-state index in [2.05, 4.69) is 28.6 Å². The third-order valence-electron chi connectivity index (χ3n) is 6.53. The monoisotopic (exact) mass is 423 g/mol. The van der Waals surface area contributed by atoms with Gasteiger partial charge in [0.05, 0.1) is 6.10 Å². The summed E-state index contributed by atoms with van der Waals surface area (Å²) in [6.07, 6.45) is 3.67. The number of rotatable bonds is 6. The molecule has 0 bridgehead atoms. The fourth-order valence-corrected chi connectivity index (χ4v) is 4.64. The molecule has 0 spiro atoms. The molecule has 0 unspecified atom stereocenters. The van der Waals surface area contributed by atoms with Gasteiger partial charge in [-0.15, -0.1) is 0 Å². The maximum absolute atomic E-state index is 13.5. The average molecular weight is 424 g/mol. The number of carbonyl (C=O) groups excluding carboxylic acids is 1. The Morgan fingerprint density at radius 2 is 1.84 bits per heavy atom. The molecule has 166 valence electrons. The molecule has 2 saturated heterocycles. The summed E-state index contributed by atoms with van der Waals surface area (Å²) in [6, 6.07) is 11.9. The summed E-state index contributed by atoms with van der Waals surface area (Å²) in [5, 5.41) is 0. The van der Waals surface area contributed by atoms with Crippen LogP contribution < -0.4 is 5.43 Å². The molecule has 4 rings (SSSR count). The number of pyridine rings is 1. The van der Waals surface area contributed by atoms with Crippen molar-refractivity contribution in [1.29, 1.82) is 0 Å². The fraction of sp³-hybridized carbons (Fsp3) is 0.520. The maximum atomic E-state index is 13.5. The van der Waals surface area contributed by atoms with Gasteiger partial charge in [0.25, 0.3) is 5.91 Å². The number of hydrogen-bond acceptors (Lipinski definition) is 4. The molecule has 0 radical (unpaired) electrons. The molecule has 1 amide bonds. The molecule has 6 heteroatoms. The van der Waals surface area contributed by atoms with Crippen molar-refractivity contribution in [3.63, 3.8) is 0 Å². The lowest BCUT2D eigenvalue weighted by molar-refractivity contribution is 0.0658. The first-order valence-corrected chi connectivity index (χ1v) is 11.4. The quantitative estimate of drug-likeness (QED) is 0.717. The van der Waals surface area contributed by atoms with E-state index in [4.69, 9.17) is 4.74 Å². The second-order valence-corrected chi connectivity index (χ2v) is 8.80. The molecule has 1 aromatic carbocycles. The Bertz CT molecular complexity index is 956. The number of hydrogen-bond donors (Lipinski definition) is 0. The van der Waals surface area contributed by atoms with E-state index < -0.39 is 0 Å². The lowest BCUT2D eigenvalue weighted by Crippen LogP contribution is -2.48. The fourth-order valence-electron chi connectivity index (χ4n) is 4.64. The third-order valence-corrected chi connectivity index (χ3v) is 6.53. The molecule has 0 N–H and O–H groups in total. The van der Waals surface area contributed by atoms with E-state index in [0.717, 1.165) is 50.3 Å². The first-order valence-electron chi connectivity index (χ1n) is 11.4. The van der Waals surface area contributed by atoms with Gasteiger partial charge in [-0.3, -0.25) is 9.59 Å². The summed E-state index contributed by atoms with van der Waals surface area (Å²) < 4.78 is 8.06. The Morgan fingerprint density at radius 3 is 2.52 bits per heavy atom. The predicted molar refractivity (Wildman–Crippen MR) is 122 cm³/mol. The molecule has 6 nitrogen and oxygen atoms in total. The first kappa shape index (κ1) is 21.8. The summed E-state index contributed by atoms with van der Waals surface area (Å²) in [4.78, 5) is 30.7. The minimum absolute atomic E-state index is 0.123. The second kappa shape index (κ2) is 9.79. The largest absolute Gasteiger partial charge is 0.376 e. The smallest absolute Gasteiger partial charge is 0.259 e. The van der Waals surface area contributed by atoms with E-state index in [1.54, 1.807) is 6.07 Å². The lowest BCUT2D eigenvalue weighted by atomic mass is 10.0. The van der Waals surface area contributed by atoms with Gasteiger partial charge >= 0.3 is 0 Å². The Morgan fingerprint density at radius 1 is 1.10 bits per heavy atom. The van der Waals surface area contributed by atoms with Crippen LogP contribution in [0.15, 0.2) is 41.2 Å². The summed E-state index contributed by atoms with van der Waals surface area (Å²) in [7, 11) is 2.06. The highest BCUT2D eigenvalue weighted by Gasteiger charge is 2.28. The minimum atomic E-state index is -0.159. The predicted octanol–water partition coefficient (Wildman–Crippen LogP) is 2.51. The molecule has 2 aliphatic heterocycles. The SMILES string of the molecule is Cc1cc(=O)c(C(=O)N2CCN(C)CC2)c(CCc2ccccc2)n1C[C@H]1CCCO1. The molecular formula is C25H33N3O3. The van der Waals surface area contributed by atoms with Gasteiger partial charge in [0.1, 0.15) is 5.56 Å². The van der Waals surface area contributed by atoms with Crippen LogP contribution in [0.3, 0.4) is 0 Å². The Balaban J connectivity index is 1.70. The Kier molecular flexibility index (Phi) is 6.88. The number of aromatic nitrogens is 1. The van der Waals surface area contributed by atoms with Crippen LogP contribution in [0.2, 0.25) is 0 Å². The normalized spacial score (nSPS) is 19.7. The molecule has 1 atom stereocenters. The highest BCUT2D eigenvalue weighted by Crippen LogP contribution is 2.20. The van der Waals surface area contributed by atoms with Crippen LogP contribution in [-0.4, -0.2) is 66.2 Å². The highest BCUT2D eigenvalue weighted by molar-refractivity contribution is 5.95. The molecular weight excluding hydrogens is 390 g/mol. The highest BCUT2D eigenvalue weighted by atomic mass is 16.5. The molecule has 1 aromatic heterocycles. The molecule has 2 fully saturated rings. The number of ether oxygens (including phenoxy) is 1. The lowest BCUT2D eigenvalue weighted by Gasteiger charge is -2.33. The van der Waals surface area contributed by atoms with E-state index in [-0.39, 0.29) is 17.4 Å². The van der Waals surface area contributed by atoms with Gasteiger partial charge in [-0.2, -0.15) is 0 Å². The van der Waals surface area contributed by atoms with E-state index in [0.29, 0.717) is 31.6 Å². The second-order valence-electron chi connectivity index (χ2n) is 8.80. The van der Waals surface area contributed by atoms with Crippen molar-refractivity contribution in [2.24, 2.45) is 0 Å². The van der Waals surface area contributed by atoms with Crippen molar-refractivity contribution in [3.05, 3.63) is 69.1 Å². The van der Waals surface area contributed by atoms with Gasteiger partial charge in [0, 0.05) is 56.8 Å². The summed E-state index contributed by atoms with van der Waals surface area (Å²) in [5.74, 6) is -0.123. The van der Waals surface area contributed by atoms with Gasteiger partial charge < -0.3 is 19.1 Å². The number of nitrogens with zero attached hydrogens (tertiary/aromatic N) is 3. The Labute approximate surface area is 184 Å². The summed E-state index contributed by atoms with van der Waals surface area (Å²) in [5.41, 5.74) is 3.15. The zero-order valence-corrected chi connectivity index (χ0v) is 18.7. The first-order chi connectivity index (χ1) is 15.0. The van der Waals surface area contributed by atoms with Crippen LogP contribution in [0.4, 0.5) is 0 Å². The van der Waals surface area contributed by atoms with Crippen LogP contribution in [-0.2, 0) is 24.1 Å². The summed E-state index contributed by atoms with van der Waals surface area (Å²) >= 11 is 0. The number of carbonyl (C=O) groups is 1. The molecule has 0 aliphatic carbocycles. The van der Waals surface area contributed by atoms with Crippen molar-refractivity contribution >= 4 is 5.91 Å². The molecule has 2 aromatic rings. The topological polar surface area (TPSA) is 54.8 Å². The van der Waals surface area contributed by atoms with E-state index >= 15 is 0 Å². The van der Waals surface area contributed by atoms with E-state index in [1.807, 2.05) is 30.0 Å². The van der Waals surface area contributed by atoms with Gasteiger partial charge in [-0.25, -0.2) is 0 Å².